The lowest BCUT2D eigenvalue weighted by Gasteiger charge is -2.15. The molecule has 3 heteroatoms. The van der Waals surface area contributed by atoms with E-state index in [2.05, 4.69) is 12.2 Å². The van der Waals surface area contributed by atoms with Crippen LogP contribution in [0, 0.1) is 13.8 Å². The summed E-state index contributed by atoms with van der Waals surface area (Å²) >= 11 is 0. The molecule has 0 spiro atoms. The fourth-order valence-electron chi connectivity index (χ4n) is 1.98. The van der Waals surface area contributed by atoms with Crippen molar-refractivity contribution >= 4 is 11.6 Å². The van der Waals surface area contributed by atoms with E-state index in [1.807, 2.05) is 19.9 Å². The summed E-state index contributed by atoms with van der Waals surface area (Å²) in [6.07, 6.45) is 3.04. The fourth-order valence-corrected chi connectivity index (χ4v) is 1.98. The van der Waals surface area contributed by atoms with Crippen molar-refractivity contribution in [2.45, 2.75) is 47.0 Å². The van der Waals surface area contributed by atoms with Gasteiger partial charge >= 0.3 is 0 Å². The highest BCUT2D eigenvalue weighted by molar-refractivity contribution is 5.91. The number of aromatic hydroxyl groups is 1. The van der Waals surface area contributed by atoms with E-state index in [0.717, 1.165) is 41.6 Å². The maximum atomic E-state index is 11.1. The van der Waals surface area contributed by atoms with Crippen molar-refractivity contribution in [3.63, 3.8) is 0 Å². The number of phenols is 1. The van der Waals surface area contributed by atoms with Gasteiger partial charge in [-0.15, -0.1) is 0 Å². The Hall–Kier alpha value is -1.51. The molecule has 1 amide bonds. The number of rotatable bonds is 4. The van der Waals surface area contributed by atoms with E-state index in [0.29, 0.717) is 5.75 Å². The number of phenolic OH excluding ortho intramolecular Hbond substituents is 1. The van der Waals surface area contributed by atoms with E-state index < -0.39 is 0 Å². The molecule has 2 N–H and O–H groups in total. The zero-order valence-electron chi connectivity index (χ0n) is 11.1. The number of hydrogen-bond donors (Lipinski definition) is 2. The molecule has 0 aliphatic rings. The molecule has 0 radical (unpaired) electrons. The van der Waals surface area contributed by atoms with Gasteiger partial charge in [-0.25, -0.2) is 0 Å². The molecule has 0 fully saturated rings. The molecule has 0 atom stereocenters. The van der Waals surface area contributed by atoms with E-state index in [4.69, 9.17) is 0 Å². The van der Waals surface area contributed by atoms with Gasteiger partial charge in [-0.2, -0.15) is 0 Å². The number of amides is 1. The number of benzene rings is 1. The van der Waals surface area contributed by atoms with Crippen molar-refractivity contribution in [3.8, 4) is 5.75 Å². The topological polar surface area (TPSA) is 49.3 Å². The maximum Gasteiger partial charge on any atom is 0.221 e. The van der Waals surface area contributed by atoms with Crippen LogP contribution in [-0.2, 0) is 11.2 Å². The van der Waals surface area contributed by atoms with E-state index in [1.54, 1.807) is 0 Å². The molecule has 0 heterocycles. The van der Waals surface area contributed by atoms with Crippen LogP contribution >= 0.6 is 0 Å². The predicted octanol–water partition coefficient (Wildman–Crippen LogP) is 3.31. The molecule has 0 saturated heterocycles. The quantitative estimate of drug-likeness (QED) is 0.841. The Morgan fingerprint density at radius 1 is 1.41 bits per heavy atom. The smallest absolute Gasteiger partial charge is 0.221 e. The van der Waals surface area contributed by atoms with E-state index in [-0.39, 0.29) is 5.91 Å². The Morgan fingerprint density at radius 3 is 2.59 bits per heavy atom. The summed E-state index contributed by atoms with van der Waals surface area (Å²) in [6.45, 7) is 7.39. The average Bonchev–Trinajstić information content (AvgIpc) is 2.27. The van der Waals surface area contributed by atoms with Gasteiger partial charge in [0.2, 0.25) is 5.91 Å². The van der Waals surface area contributed by atoms with Crippen molar-refractivity contribution in [1.82, 2.24) is 0 Å². The van der Waals surface area contributed by atoms with Crippen LogP contribution < -0.4 is 5.32 Å². The molecule has 1 aromatic carbocycles. The van der Waals surface area contributed by atoms with Crippen LogP contribution in [0.2, 0.25) is 0 Å². The number of carbonyl (C=O) groups is 1. The number of carbonyl (C=O) groups excluding carboxylic acids is 1. The summed E-state index contributed by atoms with van der Waals surface area (Å²) in [6, 6.07) is 1.96. The van der Waals surface area contributed by atoms with Gasteiger partial charge in [-0.3, -0.25) is 4.79 Å². The van der Waals surface area contributed by atoms with Crippen LogP contribution in [-0.4, -0.2) is 11.0 Å². The summed E-state index contributed by atoms with van der Waals surface area (Å²) in [7, 11) is 0. The first kappa shape index (κ1) is 13.6. The van der Waals surface area contributed by atoms with Gasteiger partial charge in [0.25, 0.3) is 0 Å². The molecule has 1 aromatic rings. The lowest BCUT2D eigenvalue weighted by Crippen LogP contribution is -2.09. The van der Waals surface area contributed by atoms with E-state index >= 15 is 0 Å². The third-order valence-electron chi connectivity index (χ3n) is 2.92. The van der Waals surface area contributed by atoms with Crippen LogP contribution in [0.3, 0.4) is 0 Å². The zero-order valence-corrected chi connectivity index (χ0v) is 11.1. The van der Waals surface area contributed by atoms with E-state index in [1.165, 1.54) is 6.92 Å². The van der Waals surface area contributed by atoms with Crippen molar-refractivity contribution in [2.75, 3.05) is 5.32 Å². The summed E-state index contributed by atoms with van der Waals surface area (Å²) < 4.78 is 0. The molecule has 0 aliphatic carbocycles. The normalized spacial score (nSPS) is 10.4. The van der Waals surface area contributed by atoms with E-state index in [9.17, 15) is 9.90 Å². The molecular weight excluding hydrogens is 214 g/mol. The maximum absolute atomic E-state index is 11.1. The first-order chi connectivity index (χ1) is 7.97. The van der Waals surface area contributed by atoms with Gasteiger partial charge in [0.05, 0.1) is 5.69 Å². The standard InChI is InChI=1S/C14H21NO2/c1-5-6-7-12-8-9(2)13(15-11(4)16)10(3)14(12)17/h8,17H,5-7H2,1-4H3,(H,15,16). The second kappa shape index (κ2) is 5.71. The fraction of sp³-hybridized carbons (Fsp3) is 0.500. The monoisotopic (exact) mass is 235 g/mol. The van der Waals surface area contributed by atoms with Crippen molar-refractivity contribution in [3.05, 3.63) is 22.8 Å². The molecule has 17 heavy (non-hydrogen) atoms. The molecule has 1 rings (SSSR count). The second-order valence-corrected chi connectivity index (χ2v) is 4.49. The Morgan fingerprint density at radius 2 is 2.06 bits per heavy atom. The van der Waals surface area contributed by atoms with Crippen molar-refractivity contribution in [2.24, 2.45) is 0 Å². The second-order valence-electron chi connectivity index (χ2n) is 4.49. The third-order valence-corrected chi connectivity index (χ3v) is 2.92. The van der Waals surface area contributed by atoms with Crippen molar-refractivity contribution < 1.29 is 9.90 Å². The largest absolute Gasteiger partial charge is 0.507 e. The average molecular weight is 235 g/mol. The summed E-state index contributed by atoms with van der Waals surface area (Å²) in [4.78, 5) is 11.1. The minimum Gasteiger partial charge on any atom is -0.507 e. The van der Waals surface area contributed by atoms with Gasteiger partial charge in [-0.1, -0.05) is 19.4 Å². The van der Waals surface area contributed by atoms with Crippen LogP contribution in [0.25, 0.3) is 0 Å². The highest BCUT2D eigenvalue weighted by atomic mass is 16.3. The third kappa shape index (κ3) is 3.22. The Bertz CT molecular complexity index is 425. The summed E-state index contributed by atoms with van der Waals surface area (Å²) in [5, 5.41) is 12.9. The summed E-state index contributed by atoms with van der Waals surface area (Å²) in [5.74, 6) is 0.199. The van der Waals surface area contributed by atoms with Crippen LogP contribution in [0.4, 0.5) is 5.69 Å². The van der Waals surface area contributed by atoms with Gasteiger partial charge in [0.15, 0.2) is 0 Å². The lowest BCUT2D eigenvalue weighted by atomic mass is 9.99. The molecule has 0 unspecified atom stereocenters. The Balaban J connectivity index is 3.12. The molecular formula is C14H21NO2. The highest BCUT2D eigenvalue weighted by Crippen LogP contribution is 2.33. The summed E-state index contributed by atoms with van der Waals surface area (Å²) in [5.41, 5.74) is 3.46. The lowest BCUT2D eigenvalue weighted by molar-refractivity contribution is -0.114. The zero-order chi connectivity index (χ0) is 13.0. The number of anilines is 1. The van der Waals surface area contributed by atoms with Gasteiger partial charge in [0, 0.05) is 12.5 Å². The molecule has 0 saturated carbocycles. The first-order valence-electron chi connectivity index (χ1n) is 6.07. The molecule has 94 valence electrons. The van der Waals surface area contributed by atoms with Gasteiger partial charge in [-0.05, 0) is 37.8 Å². The SMILES string of the molecule is CCCCc1cc(C)c(NC(C)=O)c(C)c1O. The number of unbranched alkanes of at least 4 members (excludes halogenated alkanes) is 1. The number of nitrogens with one attached hydrogen (secondary N) is 1. The predicted molar refractivity (Wildman–Crippen MR) is 70.5 cm³/mol. The number of aryl methyl sites for hydroxylation is 2. The van der Waals surface area contributed by atoms with Crippen LogP contribution in [0.5, 0.6) is 5.75 Å². The van der Waals surface area contributed by atoms with Crippen LogP contribution in [0.15, 0.2) is 6.07 Å². The highest BCUT2D eigenvalue weighted by Gasteiger charge is 2.12. The molecule has 0 aliphatic heterocycles. The minimum absolute atomic E-state index is 0.114. The Labute approximate surface area is 103 Å². The molecule has 0 bridgehead atoms. The van der Waals surface area contributed by atoms with Gasteiger partial charge < -0.3 is 10.4 Å². The van der Waals surface area contributed by atoms with Crippen LogP contribution in [0.1, 0.15) is 43.4 Å². The molecule has 3 nitrogen and oxygen atoms in total. The minimum atomic E-state index is -0.114. The van der Waals surface area contributed by atoms with Gasteiger partial charge in [0.1, 0.15) is 5.75 Å². The molecule has 0 aromatic heterocycles. The number of hydrogen-bond acceptors (Lipinski definition) is 2. The first-order valence-corrected chi connectivity index (χ1v) is 6.07. The Kier molecular flexibility index (Phi) is 4.55. The van der Waals surface area contributed by atoms with Crippen molar-refractivity contribution in [1.29, 1.82) is 0 Å².